The Morgan fingerprint density at radius 3 is 2.83 bits per heavy atom. The van der Waals surface area contributed by atoms with Crippen molar-refractivity contribution in [3.63, 3.8) is 0 Å². The maximum absolute atomic E-state index is 4.90. The number of nitrogens with one attached hydrogen (secondary N) is 2. The smallest absolute Gasteiger partial charge is 0.129 e. The number of allylic oxidation sites excluding steroid dienone is 4. The molecule has 3 heterocycles. The predicted molar refractivity (Wildman–Crippen MR) is 101 cm³/mol. The van der Waals surface area contributed by atoms with Crippen LogP contribution in [0.4, 0.5) is 5.82 Å². The molecule has 1 saturated heterocycles. The lowest BCUT2D eigenvalue weighted by molar-refractivity contribution is 0.471. The van der Waals surface area contributed by atoms with Crippen LogP contribution >= 0.6 is 0 Å². The van der Waals surface area contributed by atoms with Crippen molar-refractivity contribution in [1.29, 1.82) is 0 Å². The first-order chi connectivity index (χ1) is 11.6. The molecule has 0 aliphatic carbocycles. The molecule has 1 fully saturated rings. The number of pyridine rings is 1. The standard InChI is InChI=1S/C20H26N4/c1-5-6-19(24-13-14(2)7-9-16(24)4)18-10-8-15(3)20(23-18)22-17-11-21-12-17/h6-10,13,17,21H,4-5,11-12H2,1-3H3,(H,22,23)/b19-6-. The minimum Gasteiger partial charge on any atom is -0.365 e. The molecule has 0 atom stereocenters. The molecule has 4 heteroatoms. The van der Waals surface area contributed by atoms with Gasteiger partial charge in [-0.25, -0.2) is 4.98 Å². The lowest BCUT2D eigenvalue weighted by Crippen LogP contribution is -2.51. The monoisotopic (exact) mass is 322 g/mol. The summed E-state index contributed by atoms with van der Waals surface area (Å²) in [5.41, 5.74) is 5.39. The summed E-state index contributed by atoms with van der Waals surface area (Å²) < 4.78 is 0. The van der Waals surface area contributed by atoms with Gasteiger partial charge in [-0.1, -0.05) is 31.7 Å². The fraction of sp³-hybridized carbons (Fsp3) is 0.350. The first-order valence-electron chi connectivity index (χ1n) is 8.58. The van der Waals surface area contributed by atoms with Crippen LogP contribution in [0.5, 0.6) is 0 Å². The van der Waals surface area contributed by atoms with Crippen LogP contribution in [0, 0.1) is 6.92 Å². The van der Waals surface area contributed by atoms with Crippen LogP contribution in [0.15, 0.2) is 54.4 Å². The molecular formula is C20H26N4. The topological polar surface area (TPSA) is 40.2 Å². The zero-order valence-electron chi connectivity index (χ0n) is 14.8. The fourth-order valence-electron chi connectivity index (χ4n) is 2.78. The van der Waals surface area contributed by atoms with E-state index in [2.05, 4.69) is 73.4 Å². The summed E-state index contributed by atoms with van der Waals surface area (Å²) in [6.45, 7) is 12.5. The van der Waals surface area contributed by atoms with Crippen LogP contribution in [-0.4, -0.2) is 29.0 Å². The molecule has 126 valence electrons. The van der Waals surface area contributed by atoms with Gasteiger partial charge in [0.15, 0.2) is 0 Å². The van der Waals surface area contributed by atoms with Crippen LogP contribution < -0.4 is 10.6 Å². The third-order valence-corrected chi connectivity index (χ3v) is 4.32. The molecule has 0 aromatic carbocycles. The largest absolute Gasteiger partial charge is 0.365 e. The molecule has 2 aliphatic rings. The Kier molecular flexibility index (Phi) is 4.86. The quantitative estimate of drug-likeness (QED) is 0.865. The summed E-state index contributed by atoms with van der Waals surface area (Å²) in [6.07, 6.45) is 9.41. The van der Waals surface area contributed by atoms with E-state index in [0.717, 1.165) is 42.4 Å². The van der Waals surface area contributed by atoms with Crippen molar-refractivity contribution in [2.45, 2.75) is 33.2 Å². The van der Waals surface area contributed by atoms with Gasteiger partial charge in [-0.15, -0.1) is 0 Å². The number of anilines is 1. The van der Waals surface area contributed by atoms with E-state index in [1.807, 2.05) is 6.08 Å². The molecule has 3 rings (SSSR count). The van der Waals surface area contributed by atoms with Crippen molar-refractivity contribution in [3.8, 4) is 0 Å². The first kappa shape index (κ1) is 16.5. The summed E-state index contributed by atoms with van der Waals surface area (Å²) in [6, 6.07) is 4.70. The average molecular weight is 322 g/mol. The van der Waals surface area contributed by atoms with E-state index in [1.165, 1.54) is 11.1 Å². The van der Waals surface area contributed by atoms with E-state index in [9.17, 15) is 0 Å². The lowest BCUT2D eigenvalue weighted by Gasteiger charge is -2.30. The van der Waals surface area contributed by atoms with Gasteiger partial charge >= 0.3 is 0 Å². The molecule has 0 bridgehead atoms. The van der Waals surface area contributed by atoms with Crippen molar-refractivity contribution in [2.24, 2.45) is 0 Å². The molecule has 0 saturated carbocycles. The molecule has 1 aromatic rings. The number of hydrogen-bond acceptors (Lipinski definition) is 4. The van der Waals surface area contributed by atoms with Crippen molar-refractivity contribution in [1.82, 2.24) is 15.2 Å². The highest BCUT2D eigenvalue weighted by Crippen LogP contribution is 2.29. The summed E-state index contributed by atoms with van der Waals surface area (Å²) in [4.78, 5) is 7.03. The number of aryl methyl sites for hydroxylation is 1. The summed E-state index contributed by atoms with van der Waals surface area (Å²) in [5, 5.41) is 6.82. The SMILES string of the molecule is C=C1C=CC(C)=CN1/C(=C\CC)c1ccc(C)c(NC2CNC2)n1. The third kappa shape index (κ3) is 3.44. The van der Waals surface area contributed by atoms with Gasteiger partial charge in [0.05, 0.1) is 17.4 Å². The highest BCUT2D eigenvalue weighted by molar-refractivity contribution is 5.67. The Labute approximate surface area is 144 Å². The molecular weight excluding hydrogens is 296 g/mol. The highest BCUT2D eigenvalue weighted by atomic mass is 15.2. The summed E-state index contributed by atoms with van der Waals surface area (Å²) in [5.74, 6) is 0.972. The van der Waals surface area contributed by atoms with Crippen molar-refractivity contribution >= 4 is 11.5 Å². The zero-order chi connectivity index (χ0) is 17.1. The second-order valence-electron chi connectivity index (χ2n) is 6.43. The van der Waals surface area contributed by atoms with Gasteiger partial charge in [-0.3, -0.25) is 0 Å². The molecule has 24 heavy (non-hydrogen) atoms. The maximum atomic E-state index is 4.90. The van der Waals surface area contributed by atoms with Crippen LogP contribution in [0.3, 0.4) is 0 Å². The van der Waals surface area contributed by atoms with Crippen molar-refractivity contribution in [3.05, 3.63) is 65.7 Å². The van der Waals surface area contributed by atoms with Gasteiger partial charge in [0.2, 0.25) is 0 Å². The first-order valence-corrected chi connectivity index (χ1v) is 8.58. The Bertz CT molecular complexity index is 723. The number of aromatic nitrogens is 1. The molecule has 1 aromatic heterocycles. The van der Waals surface area contributed by atoms with E-state index in [1.54, 1.807) is 0 Å². The average Bonchev–Trinajstić information content (AvgIpc) is 2.53. The second kappa shape index (κ2) is 7.05. The molecule has 0 amide bonds. The van der Waals surface area contributed by atoms with Gasteiger partial charge in [0.1, 0.15) is 5.82 Å². The second-order valence-corrected chi connectivity index (χ2v) is 6.43. The van der Waals surface area contributed by atoms with Gasteiger partial charge < -0.3 is 15.5 Å². The Morgan fingerprint density at radius 1 is 1.38 bits per heavy atom. The van der Waals surface area contributed by atoms with Crippen LogP contribution in [0.1, 0.15) is 31.5 Å². The predicted octanol–water partition coefficient (Wildman–Crippen LogP) is 3.81. The van der Waals surface area contributed by atoms with Gasteiger partial charge in [-0.05, 0) is 43.5 Å². The molecule has 0 unspecified atom stereocenters. The van der Waals surface area contributed by atoms with E-state index in [-0.39, 0.29) is 0 Å². The number of hydrogen-bond donors (Lipinski definition) is 2. The number of nitrogens with zero attached hydrogens (tertiary/aromatic N) is 2. The summed E-state index contributed by atoms with van der Waals surface area (Å²) >= 11 is 0. The molecule has 2 N–H and O–H groups in total. The van der Waals surface area contributed by atoms with Crippen molar-refractivity contribution in [2.75, 3.05) is 18.4 Å². The van der Waals surface area contributed by atoms with Crippen molar-refractivity contribution < 1.29 is 0 Å². The molecule has 4 nitrogen and oxygen atoms in total. The highest BCUT2D eigenvalue weighted by Gasteiger charge is 2.20. The number of rotatable bonds is 5. The van der Waals surface area contributed by atoms with Crippen LogP contribution in [0.2, 0.25) is 0 Å². The van der Waals surface area contributed by atoms with E-state index in [0.29, 0.717) is 6.04 Å². The minimum atomic E-state index is 0.472. The van der Waals surface area contributed by atoms with E-state index < -0.39 is 0 Å². The molecule has 2 aliphatic heterocycles. The fourth-order valence-corrected chi connectivity index (χ4v) is 2.78. The Hall–Kier alpha value is -2.33. The maximum Gasteiger partial charge on any atom is 0.129 e. The van der Waals surface area contributed by atoms with Crippen LogP contribution in [-0.2, 0) is 0 Å². The van der Waals surface area contributed by atoms with Gasteiger partial charge in [-0.2, -0.15) is 0 Å². The zero-order valence-corrected chi connectivity index (χ0v) is 14.8. The summed E-state index contributed by atoms with van der Waals surface area (Å²) in [7, 11) is 0. The normalized spacial score (nSPS) is 18.5. The van der Waals surface area contributed by atoms with Gasteiger partial charge in [0.25, 0.3) is 0 Å². The van der Waals surface area contributed by atoms with Gasteiger partial charge in [0, 0.05) is 25.0 Å². The van der Waals surface area contributed by atoms with Crippen LogP contribution in [0.25, 0.3) is 5.70 Å². The Morgan fingerprint density at radius 2 is 2.17 bits per heavy atom. The lowest BCUT2D eigenvalue weighted by atomic mass is 10.1. The Balaban J connectivity index is 1.94. The van der Waals surface area contributed by atoms with E-state index in [4.69, 9.17) is 4.98 Å². The third-order valence-electron chi connectivity index (χ3n) is 4.32. The molecule has 0 radical (unpaired) electrons. The minimum absolute atomic E-state index is 0.472. The van der Waals surface area contributed by atoms with E-state index >= 15 is 0 Å². The molecule has 0 spiro atoms.